The summed E-state index contributed by atoms with van der Waals surface area (Å²) >= 11 is 0. The van der Waals surface area contributed by atoms with E-state index in [-0.39, 0.29) is 31.8 Å². The number of benzene rings is 1. The molecule has 1 saturated heterocycles. The molecule has 1 N–H and O–H groups in total. The molecule has 0 radical (unpaired) electrons. The Hall–Kier alpha value is -1.95. The van der Waals surface area contributed by atoms with E-state index in [9.17, 15) is 14.0 Å². The molecule has 6 heteroatoms. The van der Waals surface area contributed by atoms with E-state index in [0.29, 0.717) is 19.6 Å². The van der Waals surface area contributed by atoms with Crippen molar-refractivity contribution in [1.29, 1.82) is 0 Å². The van der Waals surface area contributed by atoms with Gasteiger partial charge in [-0.1, -0.05) is 30.3 Å². The third kappa shape index (κ3) is 5.03. The molecule has 126 valence electrons. The van der Waals surface area contributed by atoms with Crippen molar-refractivity contribution in [3.05, 3.63) is 35.9 Å². The van der Waals surface area contributed by atoms with Gasteiger partial charge in [0, 0.05) is 26.0 Å². The first kappa shape index (κ1) is 17.4. The lowest BCUT2D eigenvalue weighted by molar-refractivity contribution is -0.150. The third-order valence-electron chi connectivity index (χ3n) is 4.01. The minimum absolute atomic E-state index is 0.137. The fourth-order valence-electron chi connectivity index (χ4n) is 2.58. The standard InChI is InChI=1S/C17H22FNO4/c18-17(16(21)22)9-10-19(13-17)15(20)7-4-11-23-12-8-14-5-2-1-3-6-14/h1-3,5-6H,4,7-13H2,(H,21,22). The summed E-state index contributed by atoms with van der Waals surface area (Å²) in [5.74, 6) is -1.70. The number of nitrogens with zero attached hydrogens (tertiary/aromatic N) is 1. The quantitative estimate of drug-likeness (QED) is 0.744. The van der Waals surface area contributed by atoms with E-state index in [1.807, 2.05) is 30.3 Å². The smallest absolute Gasteiger partial charge is 0.343 e. The minimum Gasteiger partial charge on any atom is -0.479 e. The first-order valence-electron chi connectivity index (χ1n) is 7.83. The van der Waals surface area contributed by atoms with Gasteiger partial charge in [-0.25, -0.2) is 9.18 Å². The number of likely N-dealkylation sites (tertiary alicyclic amines) is 1. The molecule has 1 aliphatic rings. The number of aliphatic carboxylic acids is 1. The molecule has 1 atom stereocenters. The van der Waals surface area contributed by atoms with Crippen LogP contribution in [0.15, 0.2) is 30.3 Å². The Labute approximate surface area is 135 Å². The lowest BCUT2D eigenvalue weighted by Crippen LogP contribution is -2.38. The van der Waals surface area contributed by atoms with Crippen LogP contribution in [0.1, 0.15) is 24.8 Å². The fourth-order valence-corrected chi connectivity index (χ4v) is 2.58. The van der Waals surface area contributed by atoms with E-state index in [1.54, 1.807) is 0 Å². The van der Waals surface area contributed by atoms with Crippen LogP contribution in [0.4, 0.5) is 4.39 Å². The molecule has 1 unspecified atom stereocenters. The minimum atomic E-state index is -2.29. The third-order valence-corrected chi connectivity index (χ3v) is 4.01. The van der Waals surface area contributed by atoms with Gasteiger partial charge in [-0.05, 0) is 18.4 Å². The second kappa shape index (κ2) is 8.06. The first-order chi connectivity index (χ1) is 11.0. The lowest BCUT2D eigenvalue weighted by Gasteiger charge is -2.17. The van der Waals surface area contributed by atoms with Gasteiger partial charge in [0.2, 0.25) is 11.6 Å². The normalized spacial score (nSPS) is 20.7. The summed E-state index contributed by atoms with van der Waals surface area (Å²) in [5.41, 5.74) is -1.09. The Morgan fingerprint density at radius 3 is 2.65 bits per heavy atom. The van der Waals surface area contributed by atoms with Gasteiger partial charge in [0.05, 0.1) is 13.2 Å². The number of hydrogen-bond donors (Lipinski definition) is 1. The zero-order valence-corrected chi connectivity index (χ0v) is 13.0. The Kier molecular flexibility index (Phi) is 6.10. The molecule has 1 aromatic rings. The number of hydrogen-bond acceptors (Lipinski definition) is 3. The molecule has 0 aliphatic carbocycles. The van der Waals surface area contributed by atoms with Crippen molar-refractivity contribution in [3.63, 3.8) is 0 Å². The number of carboxylic acid groups (broad SMARTS) is 1. The molecular formula is C17H22FNO4. The highest BCUT2D eigenvalue weighted by atomic mass is 19.1. The van der Waals surface area contributed by atoms with E-state index in [4.69, 9.17) is 9.84 Å². The molecule has 1 heterocycles. The van der Waals surface area contributed by atoms with Gasteiger partial charge in [0.25, 0.3) is 0 Å². The number of alkyl halides is 1. The molecule has 0 spiro atoms. The number of carbonyl (C=O) groups is 2. The number of carbonyl (C=O) groups excluding carboxylic acids is 1. The number of halogens is 1. The maximum absolute atomic E-state index is 13.9. The molecule has 23 heavy (non-hydrogen) atoms. The molecule has 2 rings (SSSR count). The summed E-state index contributed by atoms with van der Waals surface area (Å²) in [4.78, 5) is 24.0. The van der Waals surface area contributed by atoms with E-state index < -0.39 is 11.6 Å². The van der Waals surface area contributed by atoms with Crippen LogP contribution in [0.25, 0.3) is 0 Å². The average Bonchev–Trinajstić information content (AvgIpc) is 2.95. The second-order valence-corrected chi connectivity index (χ2v) is 5.79. The maximum atomic E-state index is 13.9. The highest BCUT2D eigenvalue weighted by Crippen LogP contribution is 2.26. The average molecular weight is 323 g/mol. The van der Waals surface area contributed by atoms with Crippen LogP contribution in [0.5, 0.6) is 0 Å². The Morgan fingerprint density at radius 1 is 1.26 bits per heavy atom. The molecule has 0 aromatic heterocycles. The van der Waals surface area contributed by atoms with Crippen molar-refractivity contribution in [2.45, 2.75) is 31.4 Å². The Balaban J connectivity index is 1.58. The molecule has 1 amide bonds. The number of ether oxygens (including phenoxy) is 1. The van der Waals surface area contributed by atoms with E-state index in [0.717, 1.165) is 6.42 Å². The fraction of sp³-hybridized carbons (Fsp3) is 0.529. The first-order valence-corrected chi connectivity index (χ1v) is 7.83. The number of carboxylic acids is 1. The lowest BCUT2D eigenvalue weighted by atomic mass is 10.1. The van der Waals surface area contributed by atoms with Crippen molar-refractivity contribution in [2.24, 2.45) is 0 Å². The monoisotopic (exact) mass is 323 g/mol. The van der Waals surface area contributed by atoms with E-state index in [1.165, 1.54) is 10.5 Å². The summed E-state index contributed by atoms with van der Waals surface area (Å²) in [6.07, 6.45) is 1.49. The van der Waals surface area contributed by atoms with Gasteiger partial charge in [-0.3, -0.25) is 4.79 Å². The van der Waals surface area contributed by atoms with Crippen LogP contribution >= 0.6 is 0 Å². The van der Waals surface area contributed by atoms with Crippen LogP contribution in [0.3, 0.4) is 0 Å². The van der Waals surface area contributed by atoms with Crippen molar-refractivity contribution in [1.82, 2.24) is 4.90 Å². The summed E-state index contributed by atoms with van der Waals surface area (Å²) in [7, 11) is 0. The molecular weight excluding hydrogens is 301 g/mol. The van der Waals surface area contributed by atoms with Crippen LogP contribution in [-0.4, -0.2) is 53.9 Å². The Bertz CT molecular complexity index is 537. The van der Waals surface area contributed by atoms with Crippen LogP contribution in [0.2, 0.25) is 0 Å². The Morgan fingerprint density at radius 2 is 2.00 bits per heavy atom. The number of amides is 1. The molecule has 1 fully saturated rings. The predicted molar refractivity (Wildman–Crippen MR) is 82.9 cm³/mol. The molecule has 0 saturated carbocycles. The van der Waals surface area contributed by atoms with Gasteiger partial charge in [0.15, 0.2) is 0 Å². The highest BCUT2D eigenvalue weighted by molar-refractivity contribution is 5.82. The topological polar surface area (TPSA) is 66.8 Å². The number of rotatable bonds is 8. The van der Waals surface area contributed by atoms with Crippen molar-refractivity contribution < 1.29 is 23.8 Å². The molecule has 1 aliphatic heterocycles. The van der Waals surface area contributed by atoms with Crippen LogP contribution < -0.4 is 0 Å². The zero-order chi connectivity index (χ0) is 16.7. The van der Waals surface area contributed by atoms with Crippen LogP contribution in [0, 0.1) is 0 Å². The van der Waals surface area contributed by atoms with Gasteiger partial charge in [-0.15, -0.1) is 0 Å². The molecule has 5 nitrogen and oxygen atoms in total. The second-order valence-electron chi connectivity index (χ2n) is 5.79. The largest absolute Gasteiger partial charge is 0.479 e. The van der Waals surface area contributed by atoms with Crippen molar-refractivity contribution >= 4 is 11.9 Å². The van der Waals surface area contributed by atoms with Gasteiger partial charge < -0.3 is 14.7 Å². The SMILES string of the molecule is O=C(CCCOCCc1ccccc1)N1CCC(F)(C(=O)O)C1. The summed E-state index contributed by atoms with van der Waals surface area (Å²) in [6.45, 7) is 0.868. The van der Waals surface area contributed by atoms with Crippen LogP contribution in [-0.2, 0) is 20.7 Å². The summed E-state index contributed by atoms with van der Waals surface area (Å²) in [6, 6.07) is 9.99. The summed E-state index contributed by atoms with van der Waals surface area (Å²) < 4.78 is 19.4. The maximum Gasteiger partial charge on any atom is 0.343 e. The van der Waals surface area contributed by atoms with Crippen molar-refractivity contribution in [2.75, 3.05) is 26.3 Å². The van der Waals surface area contributed by atoms with Gasteiger partial charge in [-0.2, -0.15) is 0 Å². The molecule has 1 aromatic carbocycles. The predicted octanol–water partition coefficient (Wildman–Crippen LogP) is 2.05. The summed E-state index contributed by atoms with van der Waals surface area (Å²) in [5, 5.41) is 8.81. The van der Waals surface area contributed by atoms with Crippen molar-refractivity contribution in [3.8, 4) is 0 Å². The van der Waals surface area contributed by atoms with E-state index in [2.05, 4.69) is 0 Å². The molecule has 0 bridgehead atoms. The highest BCUT2D eigenvalue weighted by Gasteiger charge is 2.46. The zero-order valence-electron chi connectivity index (χ0n) is 13.0. The van der Waals surface area contributed by atoms with E-state index >= 15 is 0 Å². The van der Waals surface area contributed by atoms with Gasteiger partial charge in [0.1, 0.15) is 0 Å². The van der Waals surface area contributed by atoms with Gasteiger partial charge >= 0.3 is 5.97 Å².